The zero-order valence-corrected chi connectivity index (χ0v) is 24.5. The van der Waals surface area contributed by atoms with Crippen LogP contribution >= 0.6 is 0 Å². The second-order valence-corrected chi connectivity index (χ2v) is 23.0. The van der Waals surface area contributed by atoms with Gasteiger partial charge in [-0.15, -0.1) is 6.42 Å². The molecule has 0 saturated heterocycles. The fraction of sp³-hybridized carbons (Fsp3) is 0.923. The molecule has 0 heterocycles. The average molecular weight is 467 g/mol. The third kappa shape index (κ3) is 4.03. The van der Waals surface area contributed by atoms with E-state index in [0.717, 1.165) is 25.7 Å². The first-order chi connectivity index (χ1) is 13.7. The lowest BCUT2D eigenvalue weighted by Gasteiger charge is -2.72. The third-order valence-electron chi connectivity index (χ3n) is 9.69. The minimum atomic E-state index is -1.94. The van der Waals surface area contributed by atoms with Gasteiger partial charge >= 0.3 is 0 Å². The van der Waals surface area contributed by atoms with Gasteiger partial charge in [0.25, 0.3) is 0 Å². The number of rotatable bonds is 5. The van der Waals surface area contributed by atoms with E-state index in [4.69, 9.17) is 15.3 Å². The van der Waals surface area contributed by atoms with Gasteiger partial charge in [-0.3, -0.25) is 0 Å². The molecule has 0 bridgehead atoms. The van der Waals surface area contributed by atoms with Gasteiger partial charge in [0.05, 0.1) is 11.7 Å². The van der Waals surface area contributed by atoms with Crippen molar-refractivity contribution in [3.63, 3.8) is 0 Å². The van der Waals surface area contributed by atoms with E-state index in [1.54, 1.807) is 0 Å². The molecule has 2 rings (SSSR count). The Labute approximate surface area is 195 Å². The Morgan fingerprint density at radius 1 is 1.00 bits per heavy atom. The summed E-state index contributed by atoms with van der Waals surface area (Å²) in [6.07, 6.45) is 10.2. The Hall–Kier alpha value is -0.126. The predicted molar refractivity (Wildman–Crippen MR) is 137 cm³/mol. The molecule has 0 spiro atoms. The van der Waals surface area contributed by atoms with Crippen LogP contribution < -0.4 is 0 Å². The van der Waals surface area contributed by atoms with Crippen LogP contribution in [0, 0.1) is 34.5 Å². The van der Waals surface area contributed by atoms with Crippen molar-refractivity contribution in [2.45, 2.75) is 124 Å². The van der Waals surface area contributed by atoms with Crippen LogP contribution in [0.5, 0.6) is 0 Å². The van der Waals surface area contributed by atoms with Gasteiger partial charge in [-0.1, -0.05) is 47.5 Å². The molecular formula is C26H50O3Si2. The van der Waals surface area contributed by atoms with Crippen molar-refractivity contribution in [1.29, 1.82) is 0 Å². The molecular weight excluding hydrogens is 416 g/mol. The van der Waals surface area contributed by atoms with Crippen molar-refractivity contribution in [2.75, 3.05) is 6.61 Å². The summed E-state index contributed by atoms with van der Waals surface area (Å²) in [4.78, 5) is 0. The molecule has 0 amide bonds. The molecule has 0 aliphatic heterocycles. The zero-order chi connectivity index (χ0) is 24.3. The molecule has 2 aliphatic rings. The van der Waals surface area contributed by atoms with Crippen molar-refractivity contribution in [1.82, 2.24) is 0 Å². The first-order valence-corrected chi connectivity index (χ1v) is 18.5. The lowest BCUT2D eigenvalue weighted by atomic mass is 9.38. The van der Waals surface area contributed by atoms with E-state index in [9.17, 15) is 5.11 Å². The van der Waals surface area contributed by atoms with Crippen LogP contribution in [-0.2, 0) is 8.85 Å². The van der Waals surface area contributed by atoms with Gasteiger partial charge in [0.2, 0.25) is 0 Å². The number of aliphatic hydroxyl groups is 1. The number of fused-ring (bicyclic) bond motifs is 1. The van der Waals surface area contributed by atoms with Gasteiger partial charge < -0.3 is 14.0 Å². The Kier molecular flexibility index (Phi) is 6.98. The van der Waals surface area contributed by atoms with Gasteiger partial charge in [0.1, 0.15) is 0 Å². The summed E-state index contributed by atoms with van der Waals surface area (Å²) in [5, 5.41) is 10.4. The maximum Gasteiger partial charge on any atom is 0.192 e. The summed E-state index contributed by atoms with van der Waals surface area (Å²) >= 11 is 0. The zero-order valence-electron chi connectivity index (χ0n) is 22.5. The molecule has 2 fully saturated rings. The molecule has 0 aromatic carbocycles. The molecule has 0 radical (unpaired) electrons. The second-order valence-electron chi connectivity index (χ2n) is 13.8. The maximum atomic E-state index is 10.3. The number of terminal acetylenes is 1. The van der Waals surface area contributed by atoms with Crippen LogP contribution in [0.15, 0.2) is 0 Å². The Morgan fingerprint density at radius 2 is 1.55 bits per heavy atom. The molecule has 0 aromatic rings. The Bertz CT molecular complexity index is 712. The number of aliphatic hydroxyl groups excluding tert-OH is 1. The number of hydrogen-bond acceptors (Lipinski definition) is 3. The van der Waals surface area contributed by atoms with Crippen molar-refractivity contribution in [3.8, 4) is 12.3 Å². The summed E-state index contributed by atoms with van der Waals surface area (Å²) in [7, 11) is -3.85. The highest BCUT2D eigenvalue weighted by Gasteiger charge is 2.72. The van der Waals surface area contributed by atoms with Gasteiger partial charge in [-0.25, -0.2) is 0 Å². The summed E-state index contributed by atoms with van der Waals surface area (Å²) < 4.78 is 14.4. The van der Waals surface area contributed by atoms with Crippen LogP contribution in [0.1, 0.15) is 74.1 Å². The van der Waals surface area contributed by atoms with Crippen molar-refractivity contribution in [3.05, 3.63) is 0 Å². The molecule has 31 heavy (non-hydrogen) atoms. The normalized spacial score (nSPS) is 39.0. The van der Waals surface area contributed by atoms with Crippen LogP contribution in [0.2, 0.25) is 37.8 Å². The van der Waals surface area contributed by atoms with E-state index in [1.165, 1.54) is 0 Å². The summed E-state index contributed by atoms with van der Waals surface area (Å²) in [5.41, 5.74) is -1.20. The quantitative estimate of drug-likeness (QED) is 0.356. The molecule has 5 atom stereocenters. The first-order valence-electron chi connectivity index (χ1n) is 12.2. The van der Waals surface area contributed by atoms with Crippen LogP contribution in [-0.4, -0.2) is 40.1 Å². The summed E-state index contributed by atoms with van der Waals surface area (Å²) in [6, 6.07) is 0. The van der Waals surface area contributed by atoms with Crippen LogP contribution in [0.4, 0.5) is 0 Å². The molecule has 3 nitrogen and oxygen atoms in total. The second kappa shape index (κ2) is 7.98. The van der Waals surface area contributed by atoms with E-state index in [-0.39, 0.29) is 40.1 Å². The predicted octanol–water partition coefficient (Wildman–Crippen LogP) is 6.84. The van der Waals surface area contributed by atoms with Crippen LogP contribution in [0.3, 0.4) is 0 Å². The molecule has 2 saturated carbocycles. The Morgan fingerprint density at radius 3 is 1.97 bits per heavy atom. The van der Waals surface area contributed by atoms with E-state index >= 15 is 0 Å². The lowest BCUT2D eigenvalue weighted by molar-refractivity contribution is -0.268. The average Bonchev–Trinajstić information content (AvgIpc) is 2.59. The van der Waals surface area contributed by atoms with Gasteiger partial charge in [0.15, 0.2) is 16.6 Å². The fourth-order valence-corrected chi connectivity index (χ4v) is 9.57. The van der Waals surface area contributed by atoms with Crippen molar-refractivity contribution >= 4 is 16.6 Å². The van der Waals surface area contributed by atoms with Crippen molar-refractivity contribution in [2.24, 2.45) is 22.2 Å². The van der Waals surface area contributed by atoms with E-state index < -0.39 is 22.0 Å². The van der Waals surface area contributed by atoms with E-state index in [0.29, 0.717) is 0 Å². The molecule has 2 aliphatic carbocycles. The molecule has 1 N–H and O–H groups in total. The first kappa shape index (κ1) is 27.1. The van der Waals surface area contributed by atoms with Gasteiger partial charge in [-0.2, -0.15) is 0 Å². The minimum Gasteiger partial charge on any atom is -0.413 e. The molecule has 0 unspecified atom stereocenters. The van der Waals surface area contributed by atoms with Crippen LogP contribution in [0.25, 0.3) is 0 Å². The SMILES string of the molecule is C#C[C@@]1(C)[C@@H](CO)CC[C@@]2(O[Si](C)(C)C)C(C)(C)[C@@H](O[Si](C)(C)C(C)(C)C)CC[C@]12C. The van der Waals surface area contributed by atoms with Gasteiger partial charge in [0, 0.05) is 22.9 Å². The van der Waals surface area contributed by atoms with E-state index in [1.807, 2.05) is 0 Å². The number of hydrogen-bond donors (Lipinski definition) is 1. The third-order valence-corrected chi connectivity index (χ3v) is 15.1. The van der Waals surface area contributed by atoms with E-state index in [2.05, 4.69) is 87.1 Å². The fourth-order valence-electron chi connectivity index (χ4n) is 6.46. The molecule has 5 heteroatoms. The highest BCUT2D eigenvalue weighted by molar-refractivity contribution is 6.74. The summed E-state index contributed by atoms with van der Waals surface area (Å²) in [5.74, 6) is 3.31. The monoisotopic (exact) mass is 466 g/mol. The highest BCUT2D eigenvalue weighted by atomic mass is 28.4. The molecule has 180 valence electrons. The maximum absolute atomic E-state index is 10.3. The highest BCUT2D eigenvalue weighted by Crippen LogP contribution is 2.70. The molecule has 0 aromatic heterocycles. The minimum absolute atomic E-state index is 0.106. The topological polar surface area (TPSA) is 38.7 Å². The summed E-state index contributed by atoms with van der Waals surface area (Å²) in [6.45, 7) is 28.0. The van der Waals surface area contributed by atoms with Gasteiger partial charge in [-0.05, 0) is 76.3 Å². The smallest absolute Gasteiger partial charge is 0.192 e. The Balaban J connectivity index is 2.68. The largest absolute Gasteiger partial charge is 0.413 e. The van der Waals surface area contributed by atoms with Crippen molar-refractivity contribution < 1.29 is 14.0 Å². The lowest BCUT2D eigenvalue weighted by Crippen LogP contribution is -2.75. The standard InChI is InChI=1S/C26H50O3Si2/c1-14-24(7)20(19-27)15-18-26(29-30(9,10)11)23(5,6)21(16-17-25(24,26)8)28-31(12,13)22(2,3)4/h1,20-21,27H,15-19H2,2-13H3/t20-,21+,24+,25-,26-/m1/s1.